The van der Waals surface area contributed by atoms with Gasteiger partial charge in [0.2, 0.25) is 5.91 Å². The number of nitrogens with one attached hydrogen (secondary N) is 1. The molecule has 1 aromatic carbocycles. The molecule has 1 fully saturated rings. The summed E-state index contributed by atoms with van der Waals surface area (Å²) in [4.78, 5) is 12.5. The second-order valence-electron chi connectivity index (χ2n) is 5.73. The molecule has 0 unspecified atom stereocenters. The second-order valence-corrected chi connectivity index (χ2v) is 5.73. The van der Waals surface area contributed by atoms with Crippen molar-refractivity contribution in [2.45, 2.75) is 45.4 Å². The molecular formula is C18H24N2O. The van der Waals surface area contributed by atoms with Crippen molar-refractivity contribution in [3.8, 4) is 11.8 Å². The van der Waals surface area contributed by atoms with E-state index >= 15 is 0 Å². The first-order chi connectivity index (χ1) is 10.2. The van der Waals surface area contributed by atoms with E-state index in [0.717, 1.165) is 42.5 Å². The lowest BCUT2D eigenvalue weighted by Gasteiger charge is -2.15. The highest BCUT2D eigenvalue weighted by atomic mass is 16.1. The van der Waals surface area contributed by atoms with E-state index in [4.69, 9.17) is 5.73 Å². The maximum Gasteiger partial charge on any atom is 0.227 e. The summed E-state index contributed by atoms with van der Waals surface area (Å²) in [5.74, 6) is 6.16. The fraction of sp³-hybridized carbons (Fsp3) is 0.500. The molecule has 0 spiro atoms. The number of anilines is 1. The first-order valence-corrected chi connectivity index (χ1v) is 7.81. The maximum atomic E-state index is 12.5. The highest BCUT2D eigenvalue weighted by molar-refractivity contribution is 5.94. The summed E-state index contributed by atoms with van der Waals surface area (Å²) >= 11 is 0. The smallest absolute Gasteiger partial charge is 0.227 e. The minimum absolute atomic E-state index is 0.137. The maximum absolute atomic E-state index is 12.5. The van der Waals surface area contributed by atoms with Crippen LogP contribution in [0.4, 0.5) is 5.69 Å². The Morgan fingerprint density at radius 3 is 2.67 bits per heavy atom. The molecule has 21 heavy (non-hydrogen) atoms. The van der Waals surface area contributed by atoms with Crippen molar-refractivity contribution in [3.05, 3.63) is 29.3 Å². The van der Waals surface area contributed by atoms with Crippen molar-refractivity contribution in [2.75, 3.05) is 11.9 Å². The van der Waals surface area contributed by atoms with E-state index in [-0.39, 0.29) is 11.8 Å². The number of rotatable bonds is 2. The molecule has 1 aliphatic rings. The predicted molar refractivity (Wildman–Crippen MR) is 86.9 cm³/mol. The van der Waals surface area contributed by atoms with Crippen molar-refractivity contribution in [1.29, 1.82) is 0 Å². The first kappa shape index (κ1) is 15.6. The Bertz CT molecular complexity index is 546. The molecule has 3 nitrogen and oxygen atoms in total. The summed E-state index contributed by atoms with van der Waals surface area (Å²) in [7, 11) is 0. The predicted octanol–water partition coefficient (Wildman–Crippen LogP) is 3.21. The minimum Gasteiger partial charge on any atom is -0.325 e. The quantitative estimate of drug-likeness (QED) is 0.647. The number of nitrogens with two attached hydrogens (primary N) is 1. The van der Waals surface area contributed by atoms with Crippen LogP contribution in [0.3, 0.4) is 0 Å². The zero-order chi connectivity index (χ0) is 15.1. The van der Waals surface area contributed by atoms with Gasteiger partial charge in [0.25, 0.3) is 0 Å². The molecule has 0 bridgehead atoms. The molecule has 3 heteroatoms. The Labute approximate surface area is 127 Å². The van der Waals surface area contributed by atoms with Gasteiger partial charge in [0, 0.05) is 11.5 Å². The van der Waals surface area contributed by atoms with Crippen molar-refractivity contribution in [1.82, 2.24) is 0 Å². The number of hydrogen-bond acceptors (Lipinski definition) is 2. The van der Waals surface area contributed by atoms with Crippen LogP contribution in [0.1, 0.15) is 49.7 Å². The molecule has 0 atom stereocenters. The average Bonchev–Trinajstić information content (AvgIpc) is 2.75. The molecule has 0 aliphatic heterocycles. The van der Waals surface area contributed by atoms with Crippen molar-refractivity contribution < 1.29 is 4.79 Å². The van der Waals surface area contributed by atoms with Crippen LogP contribution >= 0.6 is 0 Å². The highest BCUT2D eigenvalue weighted by Gasteiger charge is 2.20. The summed E-state index contributed by atoms with van der Waals surface area (Å²) in [5, 5.41) is 3.08. The number of amides is 1. The van der Waals surface area contributed by atoms with Gasteiger partial charge in [-0.05, 0) is 37.5 Å². The number of carbonyl (C=O) groups excluding carboxylic acids is 1. The normalized spacial score (nSPS) is 15.7. The van der Waals surface area contributed by atoms with E-state index in [1.807, 2.05) is 25.1 Å². The van der Waals surface area contributed by atoms with Crippen LogP contribution < -0.4 is 11.1 Å². The zero-order valence-electron chi connectivity index (χ0n) is 12.7. The van der Waals surface area contributed by atoms with Crippen molar-refractivity contribution in [3.63, 3.8) is 0 Å². The first-order valence-electron chi connectivity index (χ1n) is 7.81. The van der Waals surface area contributed by atoms with E-state index in [1.54, 1.807) is 0 Å². The van der Waals surface area contributed by atoms with Crippen LogP contribution in [0.5, 0.6) is 0 Å². The molecule has 1 saturated carbocycles. The SMILES string of the molecule is Cc1ccc(C#CCN)c(NC(=O)C2CCCCCC2)c1. The lowest BCUT2D eigenvalue weighted by atomic mass is 9.99. The van der Waals surface area contributed by atoms with E-state index < -0.39 is 0 Å². The Morgan fingerprint density at radius 2 is 2.00 bits per heavy atom. The summed E-state index contributed by atoms with van der Waals surface area (Å²) in [6.07, 6.45) is 6.82. The topological polar surface area (TPSA) is 55.1 Å². The van der Waals surface area contributed by atoms with Crippen LogP contribution in [-0.4, -0.2) is 12.5 Å². The fourth-order valence-electron chi connectivity index (χ4n) is 2.79. The van der Waals surface area contributed by atoms with Crippen LogP contribution in [0.2, 0.25) is 0 Å². The number of benzene rings is 1. The molecule has 3 N–H and O–H groups in total. The van der Waals surface area contributed by atoms with Gasteiger partial charge in [0.15, 0.2) is 0 Å². The molecule has 0 heterocycles. The Morgan fingerprint density at radius 1 is 1.29 bits per heavy atom. The van der Waals surface area contributed by atoms with E-state index in [0.29, 0.717) is 6.54 Å². The van der Waals surface area contributed by atoms with Crippen LogP contribution in [0, 0.1) is 24.7 Å². The van der Waals surface area contributed by atoms with Gasteiger partial charge >= 0.3 is 0 Å². The van der Waals surface area contributed by atoms with Crippen LogP contribution in [0.15, 0.2) is 18.2 Å². The molecule has 1 aromatic rings. The number of hydrogen-bond donors (Lipinski definition) is 2. The summed E-state index contributed by atoms with van der Waals surface area (Å²) in [6.45, 7) is 2.34. The average molecular weight is 284 g/mol. The molecule has 0 saturated heterocycles. The summed E-state index contributed by atoms with van der Waals surface area (Å²) in [5.41, 5.74) is 8.20. The van der Waals surface area contributed by atoms with E-state index in [9.17, 15) is 4.79 Å². The van der Waals surface area contributed by atoms with Gasteiger partial charge in [-0.25, -0.2) is 0 Å². The molecular weight excluding hydrogens is 260 g/mol. The van der Waals surface area contributed by atoms with Crippen LogP contribution in [-0.2, 0) is 4.79 Å². The lowest BCUT2D eigenvalue weighted by molar-refractivity contribution is -0.120. The Hall–Kier alpha value is -1.79. The van der Waals surface area contributed by atoms with Gasteiger partial charge in [-0.3, -0.25) is 4.79 Å². The molecule has 1 aliphatic carbocycles. The minimum atomic E-state index is 0.137. The van der Waals surface area contributed by atoms with Gasteiger partial charge in [-0.2, -0.15) is 0 Å². The van der Waals surface area contributed by atoms with Crippen molar-refractivity contribution in [2.24, 2.45) is 11.7 Å². The third-order valence-electron chi connectivity index (χ3n) is 3.98. The lowest BCUT2D eigenvalue weighted by Crippen LogP contribution is -2.22. The Balaban J connectivity index is 2.13. The molecule has 112 valence electrons. The van der Waals surface area contributed by atoms with Crippen LogP contribution in [0.25, 0.3) is 0 Å². The monoisotopic (exact) mass is 284 g/mol. The Kier molecular flexibility index (Phi) is 5.83. The van der Waals surface area contributed by atoms with E-state index in [1.165, 1.54) is 12.8 Å². The summed E-state index contributed by atoms with van der Waals surface area (Å²) in [6, 6.07) is 5.93. The third kappa shape index (κ3) is 4.61. The number of aryl methyl sites for hydroxylation is 1. The largest absolute Gasteiger partial charge is 0.325 e. The second kappa shape index (κ2) is 7.85. The fourth-order valence-corrected chi connectivity index (χ4v) is 2.79. The molecule has 0 aromatic heterocycles. The van der Waals surface area contributed by atoms with Gasteiger partial charge < -0.3 is 11.1 Å². The standard InChI is InChI=1S/C18H24N2O/c1-14-10-11-15(9-6-12-19)17(13-14)20-18(21)16-7-4-2-3-5-8-16/h10-11,13,16H,2-5,7-8,12,19H2,1H3,(H,20,21). The van der Waals surface area contributed by atoms with Gasteiger partial charge in [0.1, 0.15) is 0 Å². The van der Waals surface area contributed by atoms with Gasteiger partial charge in [-0.15, -0.1) is 0 Å². The highest BCUT2D eigenvalue weighted by Crippen LogP contribution is 2.25. The van der Waals surface area contributed by atoms with Gasteiger partial charge in [0.05, 0.1) is 12.2 Å². The van der Waals surface area contributed by atoms with E-state index in [2.05, 4.69) is 17.2 Å². The molecule has 0 radical (unpaired) electrons. The van der Waals surface area contributed by atoms with Crippen molar-refractivity contribution >= 4 is 11.6 Å². The molecule has 2 rings (SSSR count). The number of carbonyl (C=O) groups is 1. The molecule has 1 amide bonds. The third-order valence-corrected chi connectivity index (χ3v) is 3.98. The summed E-state index contributed by atoms with van der Waals surface area (Å²) < 4.78 is 0. The van der Waals surface area contributed by atoms with Gasteiger partial charge in [-0.1, -0.05) is 43.6 Å². The zero-order valence-corrected chi connectivity index (χ0v) is 12.7.